The normalized spacial score (nSPS) is 11.2. The van der Waals surface area contributed by atoms with Gasteiger partial charge in [-0.2, -0.15) is 0 Å². The molecule has 0 saturated carbocycles. The van der Waals surface area contributed by atoms with E-state index in [0.29, 0.717) is 0 Å². The molecule has 14 heavy (non-hydrogen) atoms. The maximum atomic E-state index is 10.1. The number of rotatable bonds is 2. The van der Waals surface area contributed by atoms with Crippen LogP contribution in [0.1, 0.15) is 11.3 Å². The Morgan fingerprint density at radius 3 is 3.14 bits per heavy atom. The summed E-state index contributed by atoms with van der Waals surface area (Å²) in [5, 5.41) is 0. The van der Waals surface area contributed by atoms with Gasteiger partial charge in [0, 0.05) is 12.4 Å². The van der Waals surface area contributed by atoms with E-state index in [1.54, 1.807) is 6.08 Å². The van der Waals surface area contributed by atoms with Crippen molar-refractivity contribution in [3.8, 4) is 0 Å². The number of pyridine rings is 1. The second kappa shape index (κ2) is 3.46. The van der Waals surface area contributed by atoms with Gasteiger partial charge in [0.05, 0.1) is 5.69 Å². The number of carbonyl (C=O) groups excluding carboxylic acids is 1. The molecule has 2 aromatic rings. The molecule has 0 aliphatic rings. The molecule has 2 rings (SSSR count). The van der Waals surface area contributed by atoms with Gasteiger partial charge in [0.25, 0.3) is 0 Å². The van der Waals surface area contributed by atoms with Crippen LogP contribution >= 0.6 is 0 Å². The fraction of sp³-hybridized carbons (Fsp3) is 0.0909. The summed E-state index contributed by atoms with van der Waals surface area (Å²) in [6.07, 6.45) is 7.89. The molecule has 0 atom stereocenters. The van der Waals surface area contributed by atoms with Crippen LogP contribution in [-0.4, -0.2) is 15.7 Å². The molecule has 0 aliphatic carbocycles. The Morgan fingerprint density at radius 2 is 2.36 bits per heavy atom. The first-order valence-electron chi connectivity index (χ1n) is 4.37. The van der Waals surface area contributed by atoms with E-state index in [1.165, 1.54) is 6.08 Å². The second-order valence-corrected chi connectivity index (χ2v) is 3.10. The SMILES string of the molecule is Cc1cn2ccc(/C=C/C=O)cc2n1. The van der Waals surface area contributed by atoms with Gasteiger partial charge >= 0.3 is 0 Å². The zero-order valence-corrected chi connectivity index (χ0v) is 7.84. The van der Waals surface area contributed by atoms with E-state index in [2.05, 4.69) is 4.98 Å². The fourth-order valence-corrected chi connectivity index (χ4v) is 1.38. The summed E-state index contributed by atoms with van der Waals surface area (Å²) >= 11 is 0. The minimum absolute atomic E-state index is 0.765. The second-order valence-electron chi connectivity index (χ2n) is 3.10. The van der Waals surface area contributed by atoms with Gasteiger partial charge in [0.1, 0.15) is 11.9 Å². The van der Waals surface area contributed by atoms with Crippen LogP contribution in [0.15, 0.2) is 30.6 Å². The van der Waals surface area contributed by atoms with E-state index in [0.717, 1.165) is 23.2 Å². The van der Waals surface area contributed by atoms with E-state index in [9.17, 15) is 4.79 Å². The highest BCUT2D eigenvalue weighted by molar-refractivity contribution is 5.74. The summed E-state index contributed by atoms with van der Waals surface area (Å²) in [6, 6.07) is 3.88. The smallest absolute Gasteiger partial charge is 0.142 e. The number of aromatic nitrogens is 2. The number of imidazole rings is 1. The molecule has 3 heteroatoms. The van der Waals surface area contributed by atoms with Crippen molar-refractivity contribution in [2.45, 2.75) is 6.92 Å². The van der Waals surface area contributed by atoms with Gasteiger partial charge in [-0.25, -0.2) is 4.98 Å². The summed E-state index contributed by atoms with van der Waals surface area (Å²) in [5.74, 6) is 0. The quantitative estimate of drug-likeness (QED) is 0.530. The fourth-order valence-electron chi connectivity index (χ4n) is 1.38. The van der Waals surface area contributed by atoms with Crippen LogP contribution in [0.25, 0.3) is 11.7 Å². The highest BCUT2D eigenvalue weighted by Crippen LogP contribution is 2.08. The molecular weight excluding hydrogens is 176 g/mol. The zero-order valence-electron chi connectivity index (χ0n) is 7.84. The number of aryl methyl sites for hydroxylation is 1. The van der Waals surface area contributed by atoms with E-state index < -0.39 is 0 Å². The molecule has 0 spiro atoms. The third kappa shape index (κ3) is 1.57. The number of hydrogen-bond acceptors (Lipinski definition) is 2. The average Bonchev–Trinajstić information content (AvgIpc) is 2.54. The molecule has 0 fully saturated rings. The molecule has 0 aliphatic heterocycles. The van der Waals surface area contributed by atoms with Gasteiger partial charge in [0.2, 0.25) is 0 Å². The van der Waals surface area contributed by atoms with Crippen molar-refractivity contribution in [2.75, 3.05) is 0 Å². The number of aldehydes is 1. The van der Waals surface area contributed by atoms with Crippen LogP contribution in [0.5, 0.6) is 0 Å². The number of nitrogens with zero attached hydrogens (tertiary/aromatic N) is 2. The van der Waals surface area contributed by atoms with Crippen molar-refractivity contribution in [1.82, 2.24) is 9.38 Å². The van der Waals surface area contributed by atoms with Crippen LogP contribution in [-0.2, 0) is 4.79 Å². The standard InChI is InChI=1S/C11H10N2O/c1-9-8-13-5-4-10(3-2-6-14)7-11(13)12-9/h2-8H,1H3/b3-2+. The lowest BCUT2D eigenvalue weighted by molar-refractivity contribution is -0.104. The molecule has 2 heterocycles. The first-order valence-corrected chi connectivity index (χ1v) is 4.37. The van der Waals surface area contributed by atoms with Crippen molar-refractivity contribution in [3.63, 3.8) is 0 Å². The van der Waals surface area contributed by atoms with Crippen molar-refractivity contribution in [1.29, 1.82) is 0 Å². The first kappa shape index (κ1) is 8.69. The molecule has 3 nitrogen and oxygen atoms in total. The highest BCUT2D eigenvalue weighted by Gasteiger charge is 1.96. The Balaban J connectivity index is 2.50. The van der Waals surface area contributed by atoms with Crippen molar-refractivity contribution in [3.05, 3.63) is 41.9 Å². The lowest BCUT2D eigenvalue weighted by Crippen LogP contribution is -1.82. The van der Waals surface area contributed by atoms with Crippen LogP contribution in [0.2, 0.25) is 0 Å². The molecule has 0 aromatic carbocycles. The van der Waals surface area contributed by atoms with E-state index >= 15 is 0 Å². The summed E-state index contributed by atoms with van der Waals surface area (Å²) in [7, 11) is 0. The third-order valence-electron chi connectivity index (χ3n) is 1.97. The largest absolute Gasteiger partial charge is 0.307 e. The molecule has 0 radical (unpaired) electrons. The predicted molar refractivity (Wildman–Crippen MR) is 55.0 cm³/mol. The summed E-state index contributed by atoms with van der Waals surface area (Å²) in [4.78, 5) is 14.5. The van der Waals surface area contributed by atoms with Crippen molar-refractivity contribution >= 4 is 18.0 Å². The van der Waals surface area contributed by atoms with Crippen LogP contribution in [0.4, 0.5) is 0 Å². The lowest BCUT2D eigenvalue weighted by Gasteiger charge is -1.94. The van der Waals surface area contributed by atoms with Gasteiger partial charge in [-0.15, -0.1) is 0 Å². The number of allylic oxidation sites excluding steroid dienone is 1. The van der Waals surface area contributed by atoms with Gasteiger partial charge in [-0.1, -0.05) is 6.08 Å². The number of carbonyl (C=O) groups is 1. The molecule has 0 saturated heterocycles. The molecule has 70 valence electrons. The average molecular weight is 186 g/mol. The molecule has 0 unspecified atom stereocenters. The van der Waals surface area contributed by atoms with Crippen molar-refractivity contribution < 1.29 is 4.79 Å². The number of fused-ring (bicyclic) bond motifs is 1. The molecule has 0 bridgehead atoms. The van der Waals surface area contributed by atoms with Gasteiger partial charge in [-0.05, 0) is 30.7 Å². The van der Waals surface area contributed by atoms with Crippen LogP contribution in [0, 0.1) is 6.92 Å². The van der Waals surface area contributed by atoms with Crippen LogP contribution < -0.4 is 0 Å². The van der Waals surface area contributed by atoms with Crippen LogP contribution in [0.3, 0.4) is 0 Å². The molecule has 2 aromatic heterocycles. The van der Waals surface area contributed by atoms with Gasteiger partial charge in [0.15, 0.2) is 0 Å². The Morgan fingerprint density at radius 1 is 1.50 bits per heavy atom. The third-order valence-corrected chi connectivity index (χ3v) is 1.97. The maximum absolute atomic E-state index is 10.1. The van der Waals surface area contributed by atoms with E-state index in [-0.39, 0.29) is 0 Å². The maximum Gasteiger partial charge on any atom is 0.142 e. The molecular formula is C11H10N2O. The van der Waals surface area contributed by atoms with E-state index in [1.807, 2.05) is 35.9 Å². The molecule has 0 amide bonds. The topological polar surface area (TPSA) is 34.4 Å². The van der Waals surface area contributed by atoms with Gasteiger partial charge < -0.3 is 4.40 Å². The summed E-state index contributed by atoms with van der Waals surface area (Å²) in [6.45, 7) is 1.95. The summed E-state index contributed by atoms with van der Waals surface area (Å²) < 4.78 is 1.95. The first-order chi connectivity index (χ1) is 6.79. The molecule has 0 N–H and O–H groups in total. The minimum Gasteiger partial charge on any atom is -0.307 e. The van der Waals surface area contributed by atoms with Crippen molar-refractivity contribution in [2.24, 2.45) is 0 Å². The number of hydrogen-bond donors (Lipinski definition) is 0. The zero-order chi connectivity index (χ0) is 9.97. The monoisotopic (exact) mass is 186 g/mol. The highest BCUT2D eigenvalue weighted by atomic mass is 16.1. The predicted octanol–water partition coefficient (Wildman–Crippen LogP) is 1.85. The Bertz CT molecular complexity index is 497. The Hall–Kier alpha value is -1.90. The van der Waals surface area contributed by atoms with E-state index in [4.69, 9.17) is 0 Å². The summed E-state index contributed by atoms with van der Waals surface area (Å²) in [5.41, 5.74) is 2.87. The van der Waals surface area contributed by atoms with Gasteiger partial charge in [-0.3, -0.25) is 4.79 Å². The lowest BCUT2D eigenvalue weighted by atomic mass is 10.2. The Kier molecular flexibility index (Phi) is 2.14. The minimum atomic E-state index is 0.765. The Labute approximate surface area is 81.7 Å².